The summed E-state index contributed by atoms with van der Waals surface area (Å²) in [6, 6.07) is 0. The van der Waals surface area contributed by atoms with Gasteiger partial charge in [0.05, 0.1) is 12.1 Å². The highest BCUT2D eigenvalue weighted by Gasteiger charge is 2.24. The maximum absolute atomic E-state index is 12.0. The Balaban J connectivity index is 1.87. The quantitative estimate of drug-likeness (QED) is 0.720. The molecule has 0 bridgehead atoms. The first-order valence-electron chi connectivity index (χ1n) is 6.79. The monoisotopic (exact) mass is 296 g/mol. The molecule has 2 rings (SSSR count). The summed E-state index contributed by atoms with van der Waals surface area (Å²) in [5, 5.41) is 7.72. The zero-order valence-corrected chi connectivity index (χ0v) is 12.4. The van der Waals surface area contributed by atoms with Gasteiger partial charge in [-0.15, -0.1) is 0 Å². The lowest BCUT2D eigenvalue weighted by Crippen LogP contribution is -2.44. The first kappa shape index (κ1) is 15.1. The third-order valence-corrected chi connectivity index (χ3v) is 3.08. The van der Waals surface area contributed by atoms with E-state index in [4.69, 9.17) is 4.74 Å². The summed E-state index contributed by atoms with van der Waals surface area (Å²) < 4.78 is 5.06. The Morgan fingerprint density at radius 1 is 1.33 bits per heavy atom. The van der Waals surface area contributed by atoms with Gasteiger partial charge in [0.1, 0.15) is 12.1 Å². The Morgan fingerprint density at radius 3 is 2.71 bits per heavy atom. The van der Waals surface area contributed by atoms with Crippen molar-refractivity contribution >= 4 is 12.0 Å². The molecule has 1 aromatic heterocycles. The summed E-state index contributed by atoms with van der Waals surface area (Å²) in [5.41, 5.74) is 0.601. The fraction of sp³-hybridized carbons (Fsp3) is 0.615. The van der Waals surface area contributed by atoms with Crippen LogP contribution in [0.15, 0.2) is 4.79 Å². The lowest BCUT2D eigenvalue weighted by molar-refractivity contribution is -0.131. The van der Waals surface area contributed by atoms with Crippen LogP contribution in [0.1, 0.15) is 32.0 Å². The van der Waals surface area contributed by atoms with Gasteiger partial charge in [-0.25, -0.2) is 4.79 Å². The molecule has 2 heterocycles. The van der Waals surface area contributed by atoms with Gasteiger partial charge in [0, 0.05) is 18.7 Å². The largest absolute Gasteiger partial charge is 0.444 e. The van der Waals surface area contributed by atoms with Crippen molar-refractivity contribution < 1.29 is 14.3 Å². The second-order valence-electron chi connectivity index (χ2n) is 5.96. The Morgan fingerprint density at radius 2 is 2.05 bits per heavy atom. The lowest BCUT2D eigenvalue weighted by Gasteiger charge is -2.26. The van der Waals surface area contributed by atoms with E-state index in [9.17, 15) is 14.4 Å². The minimum absolute atomic E-state index is 0.146. The molecule has 0 unspecified atom stereocenters. The fourth-order valence-corrected chi connectivity index (χ4v) is 2.10. The van der Waals surface area contributed by atoms with Crippen LogP contribution in [0.2, 0.25) is 0 Å². The standard InChI is InChI=1S/C13H20N4O4/c1-13(2,3)21-12(20)14-6-10(18)17-5-4-9-8(7-17)11(19)16-15-9/h4-7H2,1-3H3,(H,14,20)(H2,15,16,19). The second-order valence-corrected chi connectivity index (χ2v) is 5.96. The van der Waals surface area contributed by atoms with Crippen LogP contribution in [0.4, 0.5) is 4.79 Å². The third-order valence-electron chi connectivity index (χ3n) is 3.08. The normalized spacial score (nSPS) is 14.5. The van der Waals surface area contributed by atoms with Crippen LogP contribution < -0.4 is 10.9 Å². The van der Waals surface area contributed by atoms with E-state index in [1.807, 2.05) is 0 Å². The molecular weight excluding hydrogens is 276 g/mol. The predicted molar refractivity (Wildman–Crippen MR) is 74.8 cm³/mol. The average Bonchev–Trinajstić information content (AvgIpc) is 2.75. The summed E-state index contributed by atoms with van der Waals surface area (Å²) in [4.78, 5) is 36.6. The Labute approximate surface area is 121 Å². The number of nitrogens with zero attached hydrogens (tertiary/aromatic N) is 1. The second kappa shape index (κ2) is 5.63. The summed E-state index contributed by atoms with van der Waals surface area (Å²) in [5.74, 6) is -0.243. The number of H-pyrrole nitrogens is 2. The molecule has 2 amide bonds. The van der Waals surface area contributed by atoms with Crippen molar-refractivity contribution in [3.63, 3.8) is 0 Å². The SMILES string of the molecule is CC(C)(C)OC(=O)NCC(=O)N1CCc2[nH][nH]c(=O)c2C1. The van der Waals surface area contributed by atoms with Crippen molar-refractivity contribution in [2.75, 3.05) is 13.1 Å². The van der Waals surface area contributed by atoms with Gasteiger partial charge in [-0.1, -0.05) is 0 Å². The summed E-state index contributed by atoms with van der Waals surface area (Å²) in [6.07, 6.45) is -0.0419. The maximum Gasteiger partial charge on any atom is 0.408 e. The molecule has 0 fully saturated rings. The van der Waals surface area contributed by atoms with Crippen molar-refractivity contribution in [2.24, 2.45) is 0 Å². The van der Waals surface area contributed by atoms with E-state index in [2.05, 4.69) is 15.5 Å². The number of amides is 2. The number of nitrogens with one attached hydrogen (secondary N) is 3. The minimum Gasteiger partial charge on any atom is -0.444 e. The van der Waals surface area contributed by atoms with E-state index in [0.29, 0.717) is 18.5 Å². The molecule has 0 radical (unpaired) electrons. The highest BCUT2D eigenvalue weighted by Crippen LogP contribution is 2.13. The molecule has 0 atom stereocenters. The Hall–Kier alpha value is -2.25. The molecule has 0 aromatic carbocycles. The molecule has 0 saturated carbocycles. The molecule has 1 aliphatic rings. The van der Waals surface area contributed by atoms with Crippen LogP contribution >= 0.6 is 0 Å². The zero-order valence-electron chi connectivity index (χ0n) is 12.4. The molecule has 0 saturated heterocycles. The Kier molecular flexibility index (Phi) is 4.06. The van der Waals surface area contributed by atoms with E-state index >= 15 is 0 Å². The molecule has 1 aliphatic heterocycles. The van der Waals surface area contributed by atoms with E-state index in [1.54, 1.807) is 25.7 Å². The van der Waals surface area contributed by atoms with Gasteiger partial charge in [0.25, 0.3) is 5.56 Å². The van der Waals surface area contributed by atoms with Gasteiger partial charge in [-0.3, -0.25) is 14.7 Å². The number of rotatable bonds is 2. The molecule has 3 N–H and O–H groups in total. The van der Waals surface area contributed by atoms with Gasteiger partial charge >= 0.3 is 6.09 Å². The van der Waals surface area contributed by atoms with Crippen molar-refractivity contribution in [2.45, 2.75) is 39.3 Å². The van der Waals surface area contributed by atoms with Crippen molar-refractivity contribution in [1.82, 2.24) is 20.4 Å². The van der Waals surface area contributed by atoms with E-state index < -0.39 is 11.7 Å². The highest BCUT2D eigenvalue weighted by atomic mass is 16.6. The minimum atomic E-state index is -0.631. The zero-order chi connectivity index (χ0) is 15.6. The van der Waals surface area contributed by atoms with E-state index in [0.717, 1.165) is 5.69 Å². The van der Waals surface area contributed by atoms with Crippen LogP contribution in [0.3, 0.4) is 0 Å². The molecule has 21 heavy (non-hydrogen) atoms. The number of ether oxygens (including phenoxy) is 1. The van der Waals surface area contributed by atoms with Crippen LogP contribution in [0.5, 0.6) is 0 Å². The fourth-order valence-electron chi connectivity index (χ4n) is 2.10. The predicted octanol–water partition coefficient (Wildman–Crippen LogP) is 0.112. The topological polar surface area (TPSA) is 107 Å². The molecule has 1 aromatic rings. The summed E-state index contributed by atoms with van der Waals surface area (Å²) in [7, 11) is 0. The molecule has 8 nitrogen and oxygen atoms in total. The number of fused-ring (bicyclic) bond motifs is 1. The number of hydrogen-bond donors (Lipinski definition) is 3. The van der Waals surface area contributed by atoms with Crippen LogP contribution in [-0.2, 0) is 22.5 Å². The van der Waals surface area contributed by atoms with Crippen LogP contribution in [0.25, 0.3) is 0 Å². The maximum atomic E-state index is 12.0. The van der Waals surface area contributed by atoms with Crippen molar-refractivity contribution in [3.05, 3.63) is 21.6 Å². The van der Waals surface area contributed by atoms with Gasteiger partial charge in [-0.2, -0.15) is 0 Å². The van der Waals surface area contributed by atoms with Crippen molar-refractivity contribution in [1.29, 1.82) is 0 Å². The van der Waals surface area contributed by atoms with Gasteiger partial charge < -0.3 is 20.1 Å². The summed E-state index contributed by atoms with van der Waals surface area (Å²) in [6.45, 7) is 5.86. The van der Waals surface area contributed by atoms with Crippen molar-refractivity contribution in [3.8, 4) is 0 Å². The van der Waals surface area contributed by atoms with E-state index in [1.165, 1.54) is 0 Å². The van der Waals surface area contributed by atoms with Crippen LogP contribution in [0, 0.1) is 0 Å². The van der Waals surface area contributed by atoms with E-state index in [-0.39, 0.29) is 24.6 Å². The molecule has 116 valence electrons. The Bertz CT molecular complexity index is 596. The molecule has 0 spiro atoms. The third kappa shape index (κ3) is 3.87. The van der Waals surface area contributed by atoms with Gasteiger partial charge in [0.15, 0.2) is 0 Å². The first-order valence-corrected chi connectivity index (χ1v) is 6.79. The smallest absolute Gasteiger partial charge is 0.408 e. The number of hydrogen-bond acceptors (Lipinski definition) is 4. The lowest BCUT2D eigenvalue weighted by atomic mass is 10.1. The highest BCUT2D eigenvalue weighted by molar-refractivity contribution is 5.82. The number of aromatic amines is 2. The number of carbonyl (C=O) groups excluding carboxylic acids is 2. The average molecular weight is 296 g/mol. The van der Waals surface area contributed by atoms with Gasteiger partial charge in [0.2, 0.25) is 5.91 Å². The number of aromatic nitrogens is 2. The number of carbonyl (C=O) groups is 2. The molecule has 8 heteroatoms. The summed E-state index contributed by atoms with van der Waals surface area (Å²) >= 11 is 0. The van der Waals surface area contributed by atoms with Crippen LogP contribution in [-0.4, -0.2) is 45.8 Å². The molecular formula is C13H20N4O4. The van der Waals surface area contributed by atoms with Gasteiger partial charge in [-0.05, 0) is 20.8 Å². The first-order chi connectivity index (χ1) is 9.76. The molecule has 0 aliphatic carbocycles. The number of alkyl carbamates (subject to hydrolysis) is 1.